The summed E-state index contributed by atoms with van der Waals surface area (Å²) in [6.45, 7) is 6.30. The number of fused-ring (bicyclic) bond motifs is 1. The number of rotatable bonds is 2. The van der Waals surface area contributed by atoms with E-state index >= 15 is 0 Å². The summed E-state index contributed by atoms with van der Waals surface area (Å²) in [7, 11) is 0. The molecule has 0 fully saturated rings. The van der Waals surface area contributed by atoms with Crippen molar-refractivity contribution in [3.63, 3.8) is 0 Å². The van der Waals surface area contributed by atoms with E-state index in [2.05, 4.69) is 25.8 Å². The SMILES string of the molecule is CC(C)(C)c1nc(C(O)c2cc3cccc(Cl)c3o2)cs1. The number of para-hydroxylation sites is 1. The molecule has 3 aromatic rings. The van der Waals surface area contributed by atoms with Gasteiger partial charge < -0.3 is 9.52 Å². The summed E-state index contributed by atoms with van der Waals surface area (Å²) in [6, 6.07) is 7.34. The number of aliphatic hydroxyl groups is 1. The molecule has 0 saturated carbocycles. The molecule has 0 spiro atoms. The number of nitrogens with zero attached hydrogens (tertiary/aromatic N) is 1. The summed E-state index contributed by atoms with van der Waals surface area (Å²) in [6.07, 6.45) is -0.874. The number of halogens is 1. The second kappa shape index (κ2) is 5.13. The maximum atomic E-state index is 10.5. The molecular weight excluding hydrogens is 306 g/mol. The lowest BCUT2D eigenvalue weighted by atomic mass is 9.98. The van der Waals surface area contributed by atoms with E-state index < -0.39 is 6.10 Å². The zero-order valence-electron chi connectivity index (χ0n) is 12.1. The normalized spacial score (nSPS) is 13.8. The van der Waals surface area contributed by atoms with E-state index in [0.29, 0.717) is 22.1 Å². The van der Waals surface area contributed by atoms with Crippen LogP contribution >= 0.6 is 22.9 Å². The van der Waals surface area contributed by atoms with Gasteiger partial charge in [-0.05, 0) is 12.1 Å². The number of hydrogen-bond donors (Lipinski definition) is 1. The van der Waals surface area contributed by atoms with Crippen LogP contribution in [0.5, 0.6) is 0 Å². The van der Waals surface area contributed by atoms with Gasteiger partial charge in [0.25, 0.3) is 0 Å². The fourth-order valence-corrected chi connectivity index (χ4v) is 3.23. The Morgan fingerprint density at radius 2 is 2.10 bits per heavy atom. The number of aliphatic hydroxyl groups excluding tert-OH is 1. The summed E-state index contributed by atoms with van der Waals surface area (Å²) in [5.41, 5.74) is 1.18. The van der Waals surface area contributed by atoms with Gasteiger partial charge in [-0.2, -0.15) is 0 Å². The van der Waals surface area contributed by atoms with Crippen LogP contribution in [0.15, 0.2) is 34.1 Å². The van der Waals surface area contributed by atoms with Gasteiger partial charge in [-0.1, -0.05) is 44.5 Å². The van der Waals surface area contributed by atoms with E-state index in [-0.39, 0.29) is 5.41 Å². The maximum absolute atomic E-state index is 10.5. The van der Waals surface area contributed by atoms with Crippen LogP contribution in [0, 0.1) is 0 Å². The van der Waals surface area contributed by atoms with Gasteiger partial charge in [0.05, 0.1) is 15.7 Å². The first kappa shape index (κ1) is 14.6. The molecule has 0 aliphatic heterocycles. The van der Waals surface area contributed by atoms with Gasteiger partial charge in [0, 0.05) is 16.2 Å². The van der Waals surface area contributed by atoms with Crippen molar-refractivity contribution in [3.8, 4) is 0 Å². The van der Waals surface area contributed by atoms with E-state index in [1.807, 2.05) is 23.6 Å². The molecule has 0 bridgehead atoms. The fourth-order valence-electron chi connectivity index (χ4n) is 2.08. The Morgan fingerprint density at radius 3 is 2.71 bits per heavy atom. The van der Waals surface area contributed by atoms with Gasteiger partial charge in [-0.3, -0.25) is 0 Å². The molecule has 3 nitrogen and oxygen atoms in total. The number of benzene rings is 1. The minimum absolute atomic E-state index is 0.0280. The zero-order chi connectivity index (χ0) is 15.2. The van der Waals surface area contributed by atoms with Crippen molar-refractivity contribution < 1.29 is 9.52 Å². The minimum Gasteiger partial charge on any atom is -0.456 e. The first-order chi connectivity index (χ1) is 9.86. The Hall–Kier alpha value is -1.36. The lowest BCUT2D eigenvalue weighted by Crippen LogP contribution is -2.11. The van der Waals surface area contributed by atoms with Crippen LogP contribution in [0.3, 0.4) is 0 Å². The average molecular weight is 322 g/mol. The van der Waals surface area contributed by atoms with Crippen molar-refractivity contribution in [3.05, 3.63) is 51.1 Å². The van der Waals surface area contributed by atoms with Crippen molar-refractivity contribution in [2.24, 2.45) is 0 Å². The summed E-state index contributed by atoms with van der Waals surface area (Å²) in [4.78, 5) is 4.53. The lowest BCUT2D eigenvalue weighted by molar-refractivity contribution is 0.188. The topological polar surface area (TPSA) is 46.3 Å². The molecule has 0 amide bonds. The molecule has 0 radical (unpaired) electrons. The molecule has 0 saturated heterocycles. The Balaban J connectivity index is 1.98. The molecule has 3 rings (SSSR count). The van der Waals surface area contributed by atoms with Crippen LogP contribution in [0.2, 0.25) is 5.02 Å². The number of aromatic nitrogens is 1. The van der Waals surface area contributed by atoms with Crippen LogP contribution in [0.4, 0.5) is 0 Å². The van der Waals surface area contributed by atoms with Crippen molar-refractivity contribution in [1.82, 2.24) is 4.98 Å². The largest absolute Gasteiger partial charge is 0.456 e. The highest BCUT2D eigenvalue weighted by Gasteiger charge is 2.23. The molecule has 1 atom stereocenters. The zero-order valence-corrected chi connectivity index (χ0v) is 13.6. The summed E-state index contributed by atoms with van der Waals surface area (Å²) in [5.74, 6) is 0.462. The third kappa shape index (κ3) is 2.71. The minimum atomic E-state index is -0.874. The lowest BCUT2D eigenvalue weighted by Gasteiger charge is -2.13. The Morgan fingerprint density at radius 1 is 1.33 bits per heavy atom. The average Bonchev–Trinajstić information content (AvgIpc) is 3.05. The van der Waals surface area contributed by atoms with Gasteiger partial charge >= 0.3 is 0 Å². The van der Waals surface area contributed by atoms with E-state index in [1.54, 1.807) is 17.4 Å². The van der Waals surface area contributed by atoms with E-state index in [9.17, 15) is 5.11 Å². The smallest absolute Gasteiger partial charge is 0.154 e. The molecular formula is C16H16ClNO2S. The number of furan rings is 1. The van der Waals surface area contributed by atoms with Crippen molar-refractivity contribution in [2.75, 3.05) is 0 Å². The molecule has 5 heteroatoms. The Kier molecular flexibility index (Phi) is 3.56. The molecule has 110 valence electrons. The molecule has 0 aliphatic carbocycles. The van der Waals surface area contributed by atoms with E-state index in [4.69, 9.17) is 16.0 Å². The number of thiazole rings is 1. The molecule has 0 aliphatic rings. The summed E-state index contributed by atoms with van der Waals surface area (Å²) < 4.78 is 5.69. The van der Waals surface area contributed by atoms with Gasteiger partial charge in [0.2, 0.25) is 0 Å². The Bertz CT molecular complexity index is 785. The van der Waals surface area contributed by atoms with Gasteiger partial charge in [0.1, 0.15) is 5.76 Å². The molecule has 2 aromatic heterocycles. The van der Waals surface area contributed by atoms with Crippen molar-refractivity contribution >= 4 is 33.9 Å². The first-order valence-corrected chi connectivity index (χ1v) is 7.94. The highest BCUT2D eigenvalue weighted by molar-refractivity contribution is 7.09. The fraction of sp³-hybridized carbons (Fsp3) is 0.312. The second-order valence-corrected chi connectivity index (χ2v) is 7.30. The first-order valence-electron chi connectivity index (χ1n) is 6.68. The molecule has 1 unspecified atom stereocenters. The standard InChI is InChI=1S/C16H16ClNO2S/c1-16(2,3)15-18-11(8-21-15)13(19)12-7-9-5-4-6-10(17)14(9)20-12/h4-8,13,19H,1-3H3. The Labute approximate surface area is 132 Å². The van der Waals surface area contributed by atoms with Crippen LogP contribution in [0.25, 0.3) is 11.0 Å². The van der Waals surface area contributed by atoms with E-state index in [0.717, 1.165) is 10.4 Å². The highest BCUT2D eigenvalue weighted by Crippen LogP contribution is 2.34. The predicted octanol–water partition coefficient (Wildman–Crippen LogP) is 4.92. The van der Waals surface area contributed by atoms with Gasteiger partial charge in [0.15, 0.2) is 11.7 Å². The van der Waals surface area contributed by atoms with E-state index in [1.165, 1.54) is 0 Å². The van der Waals surface area contributed by atoms with Crippen LogP contribution in [-0.4, -0.2) is 10.1 Å². The molecule has 1 N–H and O–H groups in total. The third-order valence-electron chi connectivity index (χ3n) is 3.23. The highest BCUT2D eigenvalue weighted by atomic mass is 35.5. The monoisotopic (exact) mass is 321 g/mol. The summed E-state index contributed by atoms with van der Waals surface area (Å²) in [5, 5.41) is 14.8. The van der Waals surface area contributed by atoms with Crippen molar-refractivity contribution in [1.29, 1.82) is 0 Å². The van der Waals surface area contributed by atoms with Crippen LogP contribution < -0.4 is 0 Å². The third-order valence-corrected chi connectivity index (χ3v) is 4.81. The second-order valence-electron chi connectivity index (χ2n) is 6.04. The van der Waals surface area contributed by atoms with Crippen LogP contribution in [-0.2, 0) is 5.41 Å². The maximum Gasteiger partial charge on any atom is 0.154 e. The van der Waals surface area contributed by atoms with Crippen LogP contribution in [0.1, 0.15) is 43.3 Å². The summed E-state index contributed by atoms with van der Waals surface area (Å²) >= 11 is 7.65. The van der Waals surface area contributed by atoms with Gasteiger partial charge in [-0.15, -0.1) is 11.3 Å². The molecule has 1 aromatic carbocycles. The molecule has 21 heavy (non-hydrogen) atoms. The number of hydrogen-bond acceptors (Lipinski definition) is 4. The quantitative estimate of drug-likeness (QED) is 0.728. The molecule has 2 heterocycles. The predicted molar refractivity (Wildman–Crippen MR) is 86.1 cm³/mol. The van der Waals surface area contributed by atoms with Crippen molar-refractivity contribution in [2.45, 2.75) is 32.3 Å². The van der Waals surface area contributed by atoms with Gasteiger partial charge in [-0.25, -0.2) is 4.98 Å².